The normalized spacial score (nSPS) is 18.3. The predicted molar refractivity (Wildman–Crippen MR) is 169 cm³/mol. The topological polar surface area (TPSA) is 90.5 Å². The summed E-state index contributed by atoms with van der Waals surface area (Å²) in [6.45, 7) is 16.7. The zero-order valence-corrected chi connectivity index (χ0v) is 26.3. The summed E-state index contributed by atoms with van der Waals surface area (Å²) in [6.07, 6.45) is 18.0. The van der Waals surface area contributed by atoms with Gasteiger partial charge in [-0.2, -0.15) is 0 Å². The summed E-state index contributed by atoms with van der Waals surface area (Å²) in [5.74, 6) is 0.0662. The van der Waals surface area contributed by atoms with Crippen LogP contribution in [0.5, 0.6) is 0 Å². The third-order valence-electron chi connectivity index (χ3n) is 5.08. The highest BCUT2D eigenvalue weighted by atomic mass is 35.5. The maximum Gasteiger partial charge on any atom is 0.211 e. The SMILES string of the molecule is C=C/C(Cl)=C\C=C/C[C@H]1CNC[C@H]1/C=C/C(F)=C(Cl)\C=C(/C)NC=O.CC(C)(C)C.O=CNCCCCCCO. The van der Waals surface area contributed by atoms with Crippen LogP contribution in [0.4, 0.5) is 4.39 Å². The number of aliphatic hydroxyl groups excluding tert-OH is 1. The van der Waals surface area contributed by atoms with Crippen LogP contribution in [0.1, 0.15) is 66.7 Å². The molecule has 0 saturated carbocycles. The molecule has 0 aliphatic carbocycles. The first-order valence-electron chi connectivity index (χ1n) is 13.6. The van der Waals surface area contributed by atoms with E-state index in [1.54, 1.807) is 19.1 Å². The Morgan fingerprint density at radius 2 is 1.75 bits per heavy atom. The summed E-state index contributed by atoms with van der Waals surface area (Å²) in [4.78, 5) is 20.1. The van der Waals surface area contributed by atoms with Gasteiger partial charge in [0.15, 0.2) is 0 Å². The maximum absolute atomic E-state index is 14.0. The highest BCUT2D eigenvalue weighted by Gasteiger charge is 2.23. The molecule has 1 aliphatic heterocycles. The summed E-state index contributed by atoms with van der Waals surface area (Å²) in [5, 5.41) is 17.2. The van der Waals surface area contributed by atoms with E-state index < -0.39 is 5.83 Å². The van der Waals surface area contributed by atoms with Crippen molar-refractivity contribution in [2.24, 2.45) is 17.3 Å². The molecule has 0 radical (unpaired) electrons. The molecule has 1 aliphatic rings. The van der Waals surface area contributed by atoms with Crippen LogP contribution >= 0.6 is 23.2 Å². The lowest BCUT2D eigenvalue weighted by Gasteiger charge is -2.12. The molecule has 1 saturated heterocycles. The molecular weight excluding hydrogens is 552 g/mol. The minimum Gasteiger partial charge on any atom is -0.396 e. The standard InChI is InChI=1S/C19H23Cl2FN2O.C7H15NO2.C5H12/c1-3-17(20)7-5-4-6-15-11-23-12-16(15)8-9-19(22)18(21)10-14(2)24-13-25;9-6-4-2-1-3-5-8-7-10;1-5(2,3)4/h3-5,7-10,13,15-16,23H,1,6,11-12H2,2H3,(H,24,25);7,9H,1-6H2,(H,8,10);1-4H3/b5-4-,9-8+,14-10+,17-7+,19-18-;;/t15-,16+;;/m0../s1. The van der Waals surface area contributed by atoms with Crippen molar-refractivity contribution < 1.29 is 19.1 Å². The Bertz CT molecular complexity index is 856. The fraction of sp³-hybridized carbons (Fsp3) is 0.548. The van der Waals surface area contributed by atoms with Gasteiger partial charge < -0.3 is 21.1 Å². The van der Waals surface area contributed by atoms with E-state index in [4.69, 9.17) is 28.3 Å². The Morgan fingerprint density at radius 3 is 2.33 bits per heavy atom. The van der Waals surface area contributed by atoms with Crippen molar-refractivity contribution in [1.29, 1.82) is 0 Å². The van der Waals surface area contributed by atoms with Gasteiger partial charge in [0, 0.05) is 30.4 Å². The number of halogens is 3. The number of allylic oxidation sites excluding steroid dienone is 10. The van der Waals surface area contributed by atoms with E-state index in [1.807, 2.05) is 18.2 Å². The highest BCUT2D eigenvalue weighted by molar-refractivity contribution is 6.31. The number of carbonyl (C=O) groups is 2. The minimum absolute atomic E-state index is 0.0466. The summed E-state index contributed by atoms with van der Waals surface area (Å²) in [7, 11) is 0. The van der Waals surface area contributed by atoms with Crippen LogP contribution in [0, 0.1) is 17.3 Å². The number of nitrogens with one attached hydrogen (secondary N) is 3. The molecule has 228 valence electrons. The number of hydrogen-bond donors (Lipinski definition) is 4. The summed E-state index contributed by atoms with van der Waals surface area (Å²) >= 11 is 11.7. The lowest BCUT2D eigenvalue weighted by atomic mass is 9.92. The lowest BCUT2D eigenvalue weighted by molar-refractivity contribution is -0.110. The fourth-order valence-electron chi connectivity index (χ4n) is 3.15. The average Bonchev–Trinajstić information content (AvgIpc) is 3.33. The van der Waals surface area contributed by atoms with Crippen molar-refractivity contribution >= 4 is 36.0 Å². The molecule has 0 aromatic carbocycles. The van der Waals surface area contributed by atoms with Crippen LogP contribution < -0.4 is 16.0 Å². The quantitative estimate of drug-likeness (QED) is 0.0867. The molecule has 0 aromatic rings. The molecule has 6 nitrogen and oxygen atoms in total. The van der Waals surface area contributed by atoms with Crippen molar-refractivity contribution in [1.82, 2.24) is 16.0 Å². The molecular formula is C31H50Cl2FN3O3. The van der Waals surface area contributed by atoms with Gasteiger partial charge >= 0.3 is 0 Å². The molecule has 0 spiro atoms. The van der Waals surface area contributed by atoms with Gasteiger partial charge in [-0.15, -0.1) is 0 Å². The Balaban J connectivity index is 0. The number of unbranched alkanes of at least 4 members (excludes halogenated alkanes) is 3. The van der Waals surface area contributed by atoms with Crippen LogP contribution in [0.15, 0.2) is 70.7 Å². The third-order valence-corrected chi connectivity index (χ3v) is 5.65. The smallest absolute Gasteiger partial charge is 0.211 e. The Labute approximate surface area is 251 Å². The van der Waals surface area contributed by atoms with E-state index in [1.165, 1.54) is 12.2 Å². The third kappa shape index (κ3) is 27.4. The number of aliphatic hydroxyl groups is 1. The second kappa shape index (κ2) is 25.8. The van der Waals surface area contributed by atoms with Crippen LogP contribution in [-0.4, -0.2) is 44.2 Å². The molecule has 0 aromatic heterocycles. The van der Waals surface area contributed by atoms with E-state index in [0.717, 1.165) is 51.7 Å². The van der Waals surface area contributed by atoms with Crippen LogP contribution in [0.2, 0.25) is 0 Å². The first kappa shape index (κ1) is 40.0. The molecule has 1 heterocycles. The zero-order chi connectivity index (χ0) is 30.8. The van der Waals surface area contributed by atoms with Crippen LogP contribution in [-0.2, 0) is 9.59 Å². The minimum atomic E-state index is -0.532. The molecule has 2 atom stereocenters. The van der Waals surface area contributed by atoms with Gasteiger partial charge in [0.1, 0.15) is 5.83 Å². The molecule has 1 rings (SSSR count). The molecule has 9 heteroatoms. The van der Waals surface area contributed by atoms with Crippen molar-refractivity contribution in [2.45, 2.75) is 66.7 Å². The van der Waals surface area contributed by atoms with Crippen molar-refractivity contribution in [3.05, 3.63) is 70.7 Å². The maximum atomic E-state index is 14.0. The number of rotatable bonds is 16. The molecule has 1 fully saturated rings. The second-order valence-electron chi connectivity index (χ2n) is 10.9. The van der Waals surface area contributed by atoms with E-state index >= 15 is 0 Å². The Kier molecular flexibility index (Phi) is 25.7. The van der Waals surface area contributed by atoms with Gasteiger partial charge in [0.2, 0.25) is 12.8 Å². The molecule has 2 amide bonds. The van der Waals surface area contributed by atoms with E-state index in [-0.39, 0.29) is 17.6 Å². The molecule has 0 unspecified atom stereocenters. The van der Waals surface area contributed by atoms with Crippen molar-refractivity contribution in [3.63, 3.8) is 0 Å². The predicted octanol–water partition coefficient (Wildman–Crippen LogP) is 7.04. The number of carbonyl (C=O) groups excluding carboxylic acids is 2. The van der Waals surface area contributed by atoms with E-state index in [2.05, 4.69) is 50.2 Å². The highest BCUT2D eigenvalue weighted by Crippen LogP contribution is 2.24. The first-order chi connectivity index (χ1) is 18.9. The summed E-state index contributed by atoms with van der Waals surface area (Å²) in [5.41, 5.74) is 0.973. The van der Waals surface area contributed by atoms with E-state index in [9.17, 15) is 14.0 Å². The van der Waals surface area contributed by atoms with Crippen molar-refractivity contribution in [2.75, 3.05) is 26.2 Å². The van der Waals surface area contributed by atoms with Gasteiger partial charge in [-0.3, -0.25) is 9.59 Å². The van der Waals surface area contributed by atoms with Crippen LogP contribution in [0.3, 0.4) is 0 Å². The Morgan fingerprint density at radius 1 is 1.10 bits per heavy atom. The Hall–Kier alpha value is -2.19. The van der Waals surface area contributed by atoms with Gasteiger partial charge in [0.05, 0.1) is 5.03 Å². The van der Waals surface area contributed by atoms with Crippen LogP contribution in [0.25, 0.3) is 0 Å². The monoisotopic (exact) mass is 601 g/mol. The van der Waals surface area contributed by atoms with Gasteiger partial charge in [-0.05, 0) is 68.2 Å². The van der Waals surface area contributed by atoms with Gasteiger partial charge in [0.25, 0.3) is 0 Å². The average molecular weight is 603 g/mol. The summed E-state index contributed by atoms with van der Waals surface area (Å²) in [6, 6.07) is 0. The number of hydrogen-bond acceptors (Lipinski definition) is 4. The first-order valence-corrected chi connectivity index (χ1v) is 14.4. The van der Waals surface area contributed by atoms with E-state index in [0.29, 0.717) is 34.9 Å². The lowest BCUT2D eigenvalue weighted by Crippen LogP contribution is -2.11. The summed E-state index contributed by atoms with van der Waals surface area (Å²) < 4.78 is 14.0. The number of amides is 2. The van der Waals surface area contributed by atoms with Gasteiger partial charge in [-0.1, -0.05) is 94.6 Å². The van der Waals surface area contributed by atoms with Gasteiger partial charge in [-0.25, -0.2) is 4.39 Å². The van der Waals surface area contributed by atoms with Crippen molar-refractivity contribution in [3.8, 4) is 0 Å². The molecule has 0 bridgehead atoms. The molecule has 4 N–H and O–H groups in total. The second-order valence-corrected chi connectivity index (χ2v) is 11.7. The molecule has 40 heavy (non-hydrogen) atoms. The zero-order valence-electron chi connectivity index (χ0n) is 24.8. The fourth-order valence-corrected chi connectivity index (χ4v) is 3.45. The largest absolute Gasteiger partial charge is 0.396 e.